The summed E-state index contributed by atoms with van der Waals surface area (Å²) in [5.74, 6) is 0. The second-order valence-corrected chi connectivity index (χ2v) is 3.07. The Morgan fingerprint density at radius 2 is 2.07 bits per heavy atom. The monoisotopic (exact) mass is 189 g/mol. The molecule has 0 aliphatic carbocycles. The highest BCUT2D eigenvalue weighted by molar-refractivity contribution is 5.69. The number of hydrogen-bond acceptors (Lipinski definition) is 2. The zero-order valence-electron chi connectivity index (χ0n) is 7.82. The molecule has 1 heterocycles. The van der Waals surface area contributed by atoms with E-state index >= 15 is 0 Å². The minimum atomic E-state index is 0.0650. The number of aromatic amines is 1. The van der Waals surface area contributed by atoms with E-state index in [9.17, 15) is 5.21 Å². The minimum Gasteiger partial charge on any atom is -0.629 e. The summed E-state index contributed by atoms with van der Waals surface area (Å²) in [6.45, 7) is 0. The van der Waals surface area contributed by atoms with Crippen molar-refractivity contribution in [2.45, 2.75) is 0 Å². The lowest BCUT2D eigenvalue weighted by Gasteiger charge is -2.18. The number of H-pyrrole nitrogens is 1. The molecule has 2 N–H and O–H groups in total. The van der Waals surface area contributed by atoms with Crippen LogP contribution in [0.15, 0.2) is 36.5 Å². The van der Waals surface area contributed by atoms with Crippen molar-refractivity contribution in [1.29, 1.82) is 0 Å². The average molecular weight is 189 g/mol. The molecule has 1 unspecified atom stereocenters. The van der Waals surface area contributed by atoms with Crippen LogP contribution >= 0.6 is 0 Å². The topological polar surface area (TPSA) is 56.2 Å². The highest BCUT2D eigenvalue weighted by Gasteiger charge is 2.08. The summed E-state index contributed by atoms with van der Waals surface area (Å²) in [5, 5.41) is 18.1. The standard InChI is InChI=1S/C10H11N3O/c1-13(14)10-5-3-2-4-8(10)9-6-7-11-12-9/h2-7,13H,1H3,(H,11,12). The third-order valence-corrected chi connectivity index (χ3v) is 2.10. The largest absolute Gasteiger partial charge is 0.629 e. The van der Waals surface area contributed by atoms with E-state index in [1.54, 1.807) is 13.2 Å². The van der Waals surface area contributed by atoms with Gasteiger partial charge in [-0.1, -0.05) is 12.1 Å². The molecule has 0 aliphatic rings. The normalized spacial score (nSPS) is 12.7. The van der Waals surface area contributed by atoms with Crippen LogP contribution in [0.4, 0.5) is 5.69 Å². The fourth-order valence-corrected chi connectivity index (χ4v) is 1.43. The van der Waals surface area contributed by atoms with Gasteiger partial charge in [0.05, 0.1) is 18.3 Å². The average Bonchev–Trinajstić information content (AvgIpc) is 2.70. The van der Waals surface area contributed by atoms with E-state index in [0.717, 1.165) is 16.9 Å². The maximum atomic E-state index is 11.3. The Bertz CT molecular complexity index is 409. The third-order valence-electron chi connectivity index (χ3n) is 2.10. The van der Waals surface area contributed by atoms with Crippen molar-refractivity contribution in [2.24, 2.45) is 0 Å². The van der Waals surface area contributed by atoms with Crippen LogP contribution in [0.1, 0.15) is 0 Å². The quantitative estimate of drug-likeness (QED) is 0.684. The van der Waals surface area contributed by atoms with Gasteiger partial charge in [-0.05, 0) is 12.1 Å². The molecule has 0 saturated heterocycles. The summed E-state index contributed by atoms with van der Waals surface area (Å²) in [7, 11) is 1.56. The molecule has 0 aliphatic heterocycles. The van der Waals surface area contributed by atoms with E-state index in [1.807, 2.05) is 30.3 Å². The van der Waals surface area contributed by atoms with Gasteiger partial charge < -0.3 is 10.3 Å². The van der Waals surface area contributed by atoms with Crippen LogP contribution in [-0.2, 0) is 0 Å². The van der Waals surface area contributed by atoms with Crippen molar-refractivity contribution in [3.8, 4) is 11.3 Å². The predicted octanol–water partition coefficient (Wildman–Crippen LogP) is 0.721. The second kappa shape index (κ2) is 3.61. The maximum Gasteiger partial charge on any atom is 0.140 e. The third kappa shape index (κ3) is 1.53. The molecule has 1 atom stereocenters. The van der Waals surface area contributed by atoms with Gasteiger partial charge in [0.2, 0.25) is 0 Å². The Labute approximate surface area is 81.8 Å². The number of rotatable bonds is 2. The molecule has 0 amide bonds. The lowest BCUT2D eigenvalue weighted by atomic mass is 10.1. The molecule has 4 nitrogen and oxygen atoms in total. The lowest BCUT2D eigenvalue weighted by Crippen LogP contribution is -2.98. The van der Waals surface area contributed by atoms with Crippen LogP contribution in [0, 0.1) is 5.21 Å². The van der Waals surface area contributed by atoms with Crippen molar-refractivity contribution >= 4 is 5.69 Å². The summed E-state index contributed by atoms with van der Waals surface area (Å²) < 4.78 is 0. The van der Waals surface area contributed by atoms with Crippen LogP contribution < -0.4 is 5.06 Å². The van der Waals surface area contributed by atoms with E-state index in [-0.39, 0.29) is 5.06 Å². The van der Waals surface area contributed by atoms with Crippen LogP contribution in [-0.4, -0.2) is 17.2 Å². The highest BCUT2D eigenvalue weighted by atomic mass is 16.5. The van der Waals surface area contributed by atoms with E-state index < -0.39 is 0 Å². The van der Waals surface area contributed by atoms with Crippen LogP contribution in [0.5, 0.6) is 0 Å². The van der Waals surface area contributed by atoms with E-state index in [1.165, 1.54) is 0 Å². The van der Waals surface area contributed by atoms with Gasteiger partial charge in [0.15, 0.2) is 0 Å². The number of nitrogens with zero attached hydrogens (tertiary/aromatic N) is 1. The van der Waals surface area contributed by atoms with Gasteiger partial charge in [0.25, 0.3) is 0 Å². The highest BCUT2D eigenvalue weighted by Crippen LogP contribution is 2.22. The molecule has 2 aromatic rings. The fraction of sp³-hybridized carbons (Fsp3) is 0.100. The number of para-hydroxylation sites is 1. The molecule has 0 saturated carbocycles. The maximum absolute atomic E-state index is 11.3. The first-order valence-electron chi connectivity index (χ1n) is 4.39. The van der Waals surface area contributed by atoms with Crippen LogP contribution in [0.25, 0.3) is 11.3 Å². The molecule has 0 fully saturated rings. The van der Waals surface area contributed by atoms with Gasteiger partial charge in [-0.2, -0.15) is 5.10 Å². The molecule has 14 heavy (non-hydrogen) atoms. The van der Waals surface area contributed by atoms with Gasteiger partial charge >= 0.3 is 0 Å². The van der Waals surface area contributed by atoms with Crippen molar-refractivity contribution in [3.63, 3.8) is 0 Å². The van der Waals surface area contributed by atoms with E-state index in [2.05, 4.69) is 10.2 Å². The number of benzene rings is 1. The Kier molecular flexibility index (Phi) is 2.30. The predicted molar refractivity (Wildman–Crippen MR) is 53.9 cm³/mol. The zero-order chi connectivity index (χ0) is 9.97. The molecule has 2 rings (SSSR count). The van der Waals surface area contributed by atoms with Gasteiger partial charge in [-0.3, -0.25) is 5.10 Å². The van der Waals surface area contributed by atoms with Crippen molar-refractivity contribution in [1.82, 2.24) is 10.2 Å². The molecule has 72 valence electrons. The van der Waals surface area contributed by atoms with E-state index in [4.69, 9.17) is 0 Å². The number of hydrogen-bond donors (Lipinski definition) is 2. The number of quaternary nitrogens is 1. The first kappa shape index (κ1) is 8.93. The van der Waals surface area contributed by atoms with Crippen molar-refractivity contribution in [2.75, 3.05) is 7.05 Å². The number of nitrogens with one attached hydrogen (secondary N) is 2. The molecule has 0 spiro atoms. The van der Waals surface area contributed by atoms with Crippen molar-refractivity contribution < 1.29 is 5.06 Å². The summed E-state index contributed by atoms with van der Waals surface area (Å²) in [6.07, 6.45) is 1.67. The van der Waals surface area contributed by atoms with E-state index in [0.29, 0.717) is 0 Å². The summed E-state index contributed by atoms with van der Waals surface area (Å²) in [6, 6.07) is 9.34. The molecule has 0 radical (unpaired) electrons. The summed E-state index contributed by atoms with van der Waals surface area (Å²) in [4.78, 5) is 0. The Morgan fingerprint density at radius 3 is 2.71 bits per heavy atom. The first-order chi connectivity index (χ1) is 6.79. The first-order valence-corrected chi connectivity index (χ1v) is 4.39. The Balaban J connectivity index is 2.53. The fourth-order valence-electron chi connectivity index (χ4n) is 1.43. The van der Waals surface area contributed by atoms with Gasteiger partial charge in [-0.15, -0.1) is 0 Å². The van der Waals surface area contributed by atoms with Gasteiger partial charge in [-0.25, -0.2) is 0 Å². The molecule has 1 aromatic carbocycles. The number of hydroxylamine groups is 1. The molecular formula is C10H11N3O. The van der Waals surface area contributed by atoms with Crippen molar-refractivity contribution in [3.05, 3.63) is 41.7 Å². The van der Waals surface area contributed by atoms with Gasteiger partial charge in [0.1, 0.15) is 5.69 Å². The van der Waals surface area contributed by atoms with Gasteiger partial charge in [0, 0.05) is 12.3 Å². The molecule has 0 bridgehead atoms. The summed E-state index contributed by atoms with van der Waals surface area (Å²) >= 11 is 0. The Hall–Kier alpha value is -1.65. The lowest BCUT2D eigenvalue weighted by molar-refractivity contribution is -0.751. The zero-order valence-corrected chi connectivity index (χ0v) is 7.82. The molecule has 1 aromatic heterocycles. The van der Waals surface area contributed by atoms with Crippen LogP contribution in [0.3, 0.4) is 0 Å². The Morgan fingerprint density at radius 1 is 1.29 bits per heavy atom. The molecular weight excluding hydrogens is 178 g/mol. The minimum absolute atomic E-state index is 0.0650. The SMILES string of the molecule is C[NH+]([O-])c1ccccc1-c1ccn[nH]1. The second-order valence-electron chi connectivity index (χ2n) is 3.07. The number of aromatic nitrogens is 2. The summed E-state index contributed by atoms with van der Waals surface area (Å²) in [5.41, 5.74) is 2.49. The van der Waals surface area contributed by atoms with Crippen LogP contribution in [0.2, 0.25) is 0 Å². The molecule has 4 heteroatoms. The smallest absolute Gasteiger partial charge is 0.140 e.